The summed E-state index contributed by atoms with van der Waals surface area (Å²) in [5, 5.41) is 5.55. The first-order chi connectivity index (χ1) is 9.47. The Balaban J connectivity index is 2.81. The third kappa shape index (κ3) is 4.66. The van der Waals surface area contributed by atoms with Crippen LogP contribution in [0.2, 0.25) is 0 Å². The number of hydrogen-bond donors (Lipinski definition) is 3. The summed E-state index contributed by atoms with van der Waals surface area (Å²) in [6.45, 7) is 6.26. The molecule has 0 saturated heterocycles. The number of amides is 2. The number of anilines is 1. The van der Waals surface area contributed by atoms with Crippen LogP contribution in [0.15, 0.2) is 18.2 Å². The Morgan fingerprint density at radius 2 is 2.00 bits per heavy atom. The van der Waals surface area contributed by atoms with Crippen LogP contribution < -0.4 is 16.4 Å². The quantitative estimate of drug-likeness (QED) is 0.741. The Morgan fingerprint density at radius 1 is 1.30 bits per heavy atom. The van der Waals surface area contributed by atoms with E-state index in [4.69, 9.17) is 5.73 Å². The van der Waals surface area contributed by atoms with Crippen molar-refractivity contribution in [1.29, 1.82) is 0 Å². The molecular weight excluding hydrogens is 254 g/mol. The lowest BCUT2D eigenvalue weighted by Crippen LogP contribution is -2.27. The van der Waals surface area contributed by atoms with Crippen LogP contribution in [-0.4, -0.2) is 24.4 Å². The number of aryl methyl sites for hydroxylation is 1. The molecular formula is C15H23N3O2. The standard InChI is InChI=1S/C15H23N3O2/c1-4-12(16)9-14(19)18-13-8-11(7-6-10(13)3)15(20)17-5-2/h6-8,12H,4-5,9,16H2,1-3H3,(H,17,20)(H,18,19). The van der Waals surface area contributed by atoms with Gasteiger partial charge in [-0.15, -0.1) is 0 Å². The molecule has 1 unspecified atom stereocenters. The van der Waals surface area contributed by atoms with Crippen molar-refractivity contribution in [1.82, 2.24) is 5.32 Å². The summed E-state index contributed by atoms with van der Waals surface area (Å²) in [4.78, 5) is 23.6. The van der Waals surface area contributed by atoms with Crippen LogP contribution in [0.4, 0.5) is 5.69 Å². The van der Waals surface area contributed by atoms with E-state index in [2.05, 4.69) is 10.6 Å². The minimum atomic E-state index is -0.145. The van der Waals surface area contributed by atoms with Crippen molar-refractivity contribution in [3.05, 3.63) is 29.3 Å². The largest absolute Gasteiger partial charge is 0.352 e. The fraction of sp³-hybridized carbons (Fsp3) is 0.467. The molecule has 1 aromatic carbocycles. The first-order valence-corrected chi connectivity index (χ1v) is 6.92. The van der Waals surface area contributed by atoms with E-state index in [9.17, 15) is 9.59 Å². The zero-order valence-electron chi connectivity index (χ0n) is 12.3. The Labute approximate surface area is 119 Å². The van der Waals surface area contributed by atoms with Gasteiger partial charge >= 0.3 is 0 Å². The van der Waals surface area contributed by atoms with E-state index < -0.39 is 0 Å². The molecule has 0 bridgehead atoms. The highest BCUT2D eigenvalue weighted by molar-refractivity contribution is 5.97. The number of carbonyl (C=O) groups is 2. The predicted octanol–water partition coefficient (Wildman–Crippen LogP) is 1.81. The van der Waals surface area contributed by atoms with Crippen LogP contribution in [-0.2, 0) is 4.79 Å². The molecule has 1 rings (SSSR count). The lowest BCUT2D eigenvalue weighted by molar-refractivity contribution is -0.116. The molecule has 20 heavy (non-hydrogen) atoms. The normalized spacial score (nSPS) is 11.8. The highest BCUT2D eigenvalue weighted by Gasteiger charge is 2.11. The second-order valence-corrected chi connectivity index (χ2v) is 4.81. The number of benzene rings is 1. The molecule has 5 heteroatoms. The summed E-state index contributed by atoms with van der Waals surface area (Å²) in [6.07, 6.45) is 1.03. The molecule has 5 nitrogen and oxygen atoms in total. The van der Waals surface area contributed by atoms with Gasteiger partial charge in [0.25, 0.3) is 5.91 Å². The predicted molar refractivity (Wildman–Crippen MR) is 80.7 cm³/mol. The van der Waals surface area contributed by atoms with Gasteiger partial charge in [-0.25, -0.2) is 0 Å². The van der Waals surface area contributed by atoms with Gasteiger partial charge < -0.3 is 16.4 Å². The highest BCUT2D eigenvalue weighted by Crippen LogP contribution is 2.17. The van der Waals surface area contributed by atoms with Gasteiger partial charge in [-0.05, 0) is 38.0 Å². The van der Waals surface area contributed by atoms with E-state index in [-0.39, 0.29) is 24.3 Å². The van der Waals surface area contributed by atoms with Crippen molar-refractivity contribution in [3.63, 3.8) is 0 Å². The second-order valence-electron chi connectivity index (χ2n) is 4.81. The molecule has 2 amide bonds. The van der Waals surface area contributed by atoms with E-state index in [1.807, 2.05) is 26.8 Å². The van der Waals surface area contributed by atoms with E-state index in [0.29, 0.717) is 17.8 Å². The fourth-order valence-corrected chi connectivity index (χ4v) is 1.74. The minimum absolute atomic E-state index is 0.129. The fourth-order valence-electron chi connectivity index (χ4n) is 1.74. The van der Waals surface area contributed by atoms with Gasteiger partial charge in [0.15, 0.2) is 0 Å². The average molecular weight is 277 g/mol. The lowest BCUT2D eigenvalue weighted by Gasteiger charge is -2.12. The number of carbonyl (C=O) groups excluding carboxylic acids is 2. The molecule has 0 fully saturated rings. The van der Waals surface area contributed by atoms with E-state index in [0.717, 1.165) is 12.0 Å². The Morgan fingerprint density at radius 3 is 2.60 bits per heavy atom. The first-order valence-electron chi connectivity index (χ1n) is 6.92. The molecule has 1 atom stereocenters. The number of rotatable bonds is 6. The van der Waals surface area contributed by atoms with Crippen molar-refractivity contribution in [2.24, 2.45) is 5.73 Å². The van der Waals surface area contributed by atoms with Crippen LogP contribution in [0.25, 0.3) is 0 Å². The van der Waals surface area contributed by atoms with E-state index >= 15 is 0 Å². The maximum Gasteiger partial charge on any atom is 0.251 e. The van der Waals surface area contributed by atoms with Crippen molar-refractivity contribution in [3.8, 4) is 0 Å². The van der Waals surface area contributed by atoms with Gasteiger partial charge in [0.05, 0.1) is 0 Å². The lowest BCUT2D eigenvalue weighted by atomic mass is 10.1. The molecule has 0 aromatic heterocycles. The smallest absolute Gasteiger partial charge is 0.251 e. The van der Waals surface area contributed by atoms with Gasteiger partial charge in [0.2, 0.25) is 5.91 Å². The highest BCUT2D eigenvalue weighted by atomic mass is 16.2. The first kappa shape index (κ1) is 16.2. The zero-order chi connectivity index (χ0) is 15.1. The van der Waals surface area contributed by atoms with E-state index in [1.54, 1.807) is 12.1 Å². The molecule has 4 N–H and O–H groups in total. The van der Waals surface area contributed by atoms with Crippen molar-refractivity contribution in [2.45, 2.75) is 39.7 Å². The van der Waals surface area contributed by atoms with Crippen LogP contribution in [0.5, 0.6) is 0 Å². The van der Waals surface area contributed by atoms with Crippen molar-refractivity contribution in [2.75, 3.05) is 11.9 Å². The molecule has 0 spiro atoms. The molecule has 0 aliphatic heterocycles. The van der Waals surface area contributed by atoms with Gasteiger partial charge in [-0.2, -0.15) is 0 Å². The average Bonchev–Trinajstić information content (AvgIpc) is 2.41. The Bertz CT molecular complexity index is 486. The number of nitrogens with one attached hydrogen (secondary N) is 2. The second kappa shape index (κ2) is 7.65. The van der Waals surface area contributed by atoms with Crippen LogP contribution in [0.3, 0.4) is 0 Å². The molecule has 110 valence electrons. The Hall–Kier alpha value is -1.88. The molecule has 1 aromatic rings. The summed E-state index contributed by atoms with van der Waals surface area (Å²) >= 11 is 0. The summed E-state index contributed by atoms with van der Waals surface area (Å²) < 4.78 is 0. The zero-order valence-corrected chi connectivity index (χ0v) is 12.3. The molecule has 0 aliphatic carbocycles. The molecule has 0 aliphatic rings. The number of hydrogen-bond acceptors (Lipinski definition) is 3. The van der Waals surface area contributed by atoms with Crippen LogP contribution in [0.1, 0.15) is 42.6 Å². The minimum Gasteiger partial charge on any atom is -0.352 e. The van der Waals surface area contributed by atoms with Crippen LogP contribution in [0, 0.1) is 6.92 Å². The van der Waals surface area contributed by atoms with Crippen molar-refractivity contribution < 1.29 is 9.59 Å². The summed E-state index contributed by atoms with van der Waals surface area (Å²) in [5.74, 6) is -0.274. The monoisotopic (exact) mass is 277 g/mol. The topological polar surface area (TPSA) is 84.2 Å². The molecule has 0 radical (unpaired) electrons. The van der Waals surface area contributed by atoms with Crippen LogP contribution >= 0.6 is 0 Å². The van der Waals surface area contributed by atoms with Gasteiger partial charge in [-0.3, -0.25) is 9.59 Å². The third-order valence-electron chi connectivity index (χ3n) is 3.08. The van der Waals surface area contributed by atoms with Gasteiger partial charge in [0, 0.05) is 30.3 Å². The maximum absolute atomic E-state index is 11.8. The van der Waals surface area contributed by atoms with Gasteiger partial charge in [0.1, 0.15) is 0 Å². The third-order valence-corrected chi connectivity index (χ3v) is 3.08. The summed E-state index contributed by atoms with van der Waals surface area (Å²) in [6, 6.07) is 5.12. The van der Waals surface area contributed by atoms with E-state index in [1.165, 1.54) is 0 Å². The van der Waals surface area contributed by atoms with Crippen molar-refractivity contribution >= 4 is 17.5 Å². The summed E-state index contributed by atoms with van der Waals surface area (Å²) in [5.41, 5.74) is 7.86. The van der Waals surface area contributed by atoms with Gasteiger partial charge in [-0.1, -0.05) is 13.0 Å². The maximum atomic E-state index is 11.8. The SMILES string of the molecule is CCNC(=O)c1ccc(C)c(NC(=O)CC(N)CC)c1. The summed E-state index contributed by atoms with van der Waals surface area (Å²) in [7, 11) is 0. The molecule has 0 heterocycles. The molecule has 0 saturated carbocycles. The number of nitrogens with two attached hydrogens (primary N) is 1. The Kier molecular flexibility index (Phi) is 6.18.